The highest BCUT2D eigenvalue weighted by atomic mass is 127. The summed E-state index contributed by atoms with van der Waals surface area (Å²) in [4.78, 5) is 40.0. The molecular weight excluding hydrogens is 722 g/mol. The molecule has 0 aromatic heterocycles. The third kappa shape index (κ3) is 8.16. The zero-order chi connectivity index (χ0) is 31.8. The quantitative estimate of drug-likeness (QED) is 0.110. The fourth-order valence-corrected chi connectivity index (χ4v) is 5.54. The molecule has 1 saturated heterocycles. The highest BCUT2D eigenvalue weighted by Crippen LogP contribution is 2.36. The second-order valence-corrected chi connectivity index (χ2v) is 11.6. The maximum absolute atomic E-state index is 13.5. The van der Waals surface area contributed by atoms with Gasteiger partial charge >= 0.3 is 6.03 Å². The van der Waals surface area contributed by atoms with Gasteiger partial charge in [0, 0.05) is 15.6 Å². The van der Waals surface area contributed by atoms with Crippen LogP contribution in [0, 0.1) is 3.57 Å². The fraction of sp³-hybridized carbons (Fsp3) is 0.281. The number of halogens is 3. The van der Waals surface area contributed by atoms with Gasteiger partial charge in [-0.15, -0.1) is 0 Å². The molecule has 0 spiro atoms. The van der Waals surface area contributed by atoms with Gasteiger partial charge in [0.25, 0.3) is 11.8 Å². The van der Waals surface area contributed by atoms with Crippen LogP contribution in [0.5, 0.6) is 23.0 Å². The molecule has 9 nitrogen and oxygen atoms in total. The average molecular weight is 753 g/mol. The Morgan fingerprint density at radius 3 is 2.32 bits per heavy atom. The number of urea groups is 1. The summed E-state index contributed by atoms with van der Waals surface area (Å²) in [6.45, 7) is 7.07. The minimum Gasteiger partial charge on any atom is -0.490 e. The van der Waals surface area contributed by atoms with Gasteiger partial charge in [0.2, 0.25) is 0 Å². The van der Waals surface area contributed by atoms with Crippen LogP contribution in [0.25, 0.3) is 6.08 Å². The lowest BCUT2D eigenvalue weighted by Crippen LogP contribution is -2.53. The molecule has 44 heavy (non-hydrogen) atoms. The Hall–Kier alpha value is -3.48. The summed E-state index contributed by atoms with van der Waals surface area (Å²) in [5, 5.41) is 3.26. The lowest BCUT2D eigenvalue weighted by Gasteiger charge is -2.26. The van der Waals surface area contributed by atoms with Crippen LogP contribution >= 0.6 is 45.8 Å². The molecule has 0 aliphatic carbocycles. The van der Waals surface area contributed by atoms with Crippen LogP contribution in [0.15, 0.2) is 54.1 Å². The van der Waals surface area contributed by atoms with Crippen LogP contribution in [0.2, 0.25) is 10.0 Å². The number of barbiturate groups is 1. The molecular formula is C32H31Cl2IN2O7. The van der Waals surface area contributed by atoms with Gasteiger partial charge in [-0.3, -0.25) is 19.8 Å². The summed E-state index contributed by atoms with van der Waals surface area (Å²) < 4.78 is 24.0. The summed E-state index contributed by atoms with van der Waals surface area (Å²) in [7, 11) is 0. The third-order valence-electron chi connectivity index (χ3n) is 6.33. The molecule has 4 amide bonds. The van der Waals surface area contributed by atoms with Crippen LogP contribution in [0.3, 0.4) is 0 Å². The van der Waals surface area contributed by atoms with Crippen molar-refractivity contribution in [3.05, 3.63) is 84.4 Å². The van der Waals surface area contributed by atoms with Crippen LogP contribution < -0.4 is 24.3 Å². The average Bonchev–Trinajstić information content (AvgIpc) is 2.98. The van der Waals surface area contributed by atoms with E-state index in [2.05, 4.69) is 27.9 Å². The van der Waals surface area contributed by atoms with E-state index in [1.807, 2.05) is 20.8 Å². The first-order chi connectivity index (χ1) is 21.1. The van der Waals surface area contributed by atoms with E-state index in [4.69, 9.17) is 42.1 Å². The minimum atomic E-state index is -0.810. The van der Waals surface area contributed by atoms with Gasteiger partial charge in [-0.1, -0.05) is 42.3 Å². The number of nitrogens with zero attached hydrogens (tertiary/aromatic N) is 1. The predicted molar refractivity (Wildman–Crippen MR) is 177 cm³/mol. The fourth-order valence-electron chi connectivity index (χ4n) is 4.30. The van der Waals surface area contributed by atoms with Gasteiger partial charge in [-0.25, -0.2) is 4.79 Å². The topological polar surface area (TPSA) is 103 Å². The molecule has 232 valence electrons. The van der Waals surface area contributed by atoms with Gasteiger partial charge < -0.3 is 18.9 Å². The Labute approximate surface area is 279 Å². The molecule has 1 fully saturated rings. The van der Waals surface area contributed by atoms with Crippen molar-refractivity contribution in [2.24, 2.45) is 0 Å². The molecule has 12 heteroatoms. The number of amides is 4. The van der Waals surface area contributed by atoms with E-state index in [0.717, 1.165) is 16.9 Å². The van der Waals surface area contributed by atoms with Crippen LogP contribution in [0.1, 0.15) is 43.9 Å². The molecule has 0 bridgehead atoms. The number of imide groups is 2. The van der Waals surface area contributed by atoms with Crippen molar-refractivity contribution in [1.29, 1.82) is 0 Å². The molecule has 0 radical (unpaired) electrons. The monoisotopic (exact) mass is 752 g/mol. The Balaban J connectivity index is 1.59. The lowest BCUT2D eigenvalue weighted by atomic mass is 10.1. The number of ether oxygens (including phenoxy) is 4. The Morgan fingerprint density at radius 2 is 1.61 bits per heavy atom. The summed E-state index contributed by atoms with van der Waals surface area (Å²) in [6.07, 6.45) is 2.26. The molecule has 0 saturated carbocycles. The summed E-state index contributed by atoms with van der Waals surface area (Å²) in [5.74, 6) is 0.462. The lowest BCUT2D eigenvalue weighted by molar-refractivity contribution is -0.130. The summed E-state index contributed by atoms with van der Waals surface area (Å²) >= 11 is 14.4. The zero-order valence-corrected chi connectivity index (χ0v) is 28.0. The van der Waals surface area contributed by atoms with Crippen LogP contribution in [0.4, 0.5) is 4.79 Å². The van der Waals surface area contributed by atoms with Gasteiger partial charge in [0.05, 0.1) is 29.9 Å². The van der Waals surface area contributed by atoms with Crippen LogP contribution in [-0.2, 0) is 22.7 Å². The molecule has 1 aliphatic heterocycles. The van der Waals surface area contributed by atoms with E-state index in [-0.39, 0.29) is 18.7 Å². The van der Waals surface area contributed by atoms with E-state index in [9.17, 15) is 14.4 Å². The number of benzene rings is 3. The minimum absolute atomic E-state index is 0.0782. The van der Waals surface area contributed by atoms with Crippen molar-refractivity contribution in [2.75, 3.05) is 19.8 Å². The molecule has 3 aromatic carbocycles. The highest BCUT2D eigenvalue weighted by Gasteiger charge is 2.36. The van der Waals surface area contributed by atoms with Gasteiger partial charge in [-0.05, 0) is 96.5 Å². The number of nitrogens with one attached hydrogen (secondary N) is 1. The first-order valence-electron chi connectivity index (χ1n) is 14.0. The molecule has 1 aliphatic rings. The predicted octanol–water partition coefficient (Wildman–Crippen LogP) is 7.43. The van der Waals surface area contributed by atoms with E-state index < -0.39 is 17.8 Å². The van der Waals surface area contributed by atoms with Gasteiger partial charge in [0.15, 0.2) is 23.0 Å². The number of rotatable bonds is 13. The molecule has 1 N–H and O–H groups in total. The second kappa shape index (κ2) is 15.5. The number of carbonyl (C=O) groups is 3. The normalized spacial score (nSPS) is 14.1. The van der Waals surface area contributed by atoms with Crippen molar-refractivity contribution in [1.82, 2.24) is 10.2 Å². The molecule has 0 unspecified atom stereocenters. The molecule has 0 atom stereocenters. The standard InChI is InChI=1S/C32H31Cl2IN2O7/c1-4-11-43-26-10-7-19(14-27(26)41-5-2)17-37-31(39)23(30(38)36-32(37)40)12-20-13-25(35)29(28(15-20)42-6-3)44-18-21-8-9-22(33)16-24(21)34/h7-10,12-16H,4-6,11,17-18H2,1-3H3,(H,36,38,40)/b23-12+. The largest absolute Gasteiger partial charge is 0.490 e. The Bertz CT molecular complexity index is 1600. The summed E-state index contributed by atoms with van der Waals surface area (Å²) in [6, 6.07) is 13.0. The first kappa shape index (κ1) is 33.4. The Kier molecular flexibility index (Phi) is 11.8. The summed E-state index contributed by atoms with van der Waals surface area (Å²) in [5.41, 5.74) is 1.69. The SMILES string of the molecule is CCCOc1ccc(CN2C(=O)NC(=O)/C(=C\c3cc(I)c(OCc4ccc(Cl)cc4Cl)c(OCC)c3)C2=O)cc1OCC. The first-order valence-corrected chi connectivity index (χ1v) is 15.8. The van der Waals surface area contributed by atoms with Crippen molar-refractivity contribution in [3.8, 4) is 23.0 Å². The molecule has 1 heterocycles. The number of hydrogen-bond donors (Lipinski definition) is 1. The number of carbonyl (C=O) groups excluding carboxylic acids is 3. The van der Waals surface area contributed by atoms with E-state index in [0.29, 0.717) is 67.6 Å². The van der Waals surface area contributed by atoms with Crippen LogP contribution in [-0.4, -0.2) is 42.6 Å². The smallest absolute Gasteiger partial charge is 0.331 e. The van der Waals surface area contributed by atoms with Crippen molar-refractivity contribution < 1.29 is 33.3 Å². The van der Waals surface area contributed by atoms with Crippen molar-refractivity contribution in [2.45, 2.75) is 40.3 Å². The molecule has 3 aromatic rings. The third-order valence-corrected chi connectivity index (χ3v) is 7.71. The maximum Gasteiger partial charge on any atom is 0.331 e. The van der Waals surface area contributed by atoms with Gasteiger partial charge in [0.1, 0.15) is 12.2 Å². The van der Waals surface area contributed by atoms with Gasteiger partial charge in [-0.2, -0.15) is 0 Å². The van der Waals surface area contributed by atoms with Crippen molar-refractivity contribution in [3.63, 3.8) is 0 Å². The zero-order valence-electron chi connectivity index (χ0n) is 24.4. The highest BCUT2D eigenvalue weighted by molar-refractivity contribution is 14.1. The van der Waals surface area contributed by atoms with E-state index in [1.165, 1.54) is 6.08 Å². The molecule has 4 rings (SSSR count). The maximum atomic E-state index is 13.5. The van der Waals surface area contributed by atoms with E-state index >= 15 is 0 Å². The van der Waals surface area contributed by atoms with E-state index in [1.54, 1.807) is 48.5 Å². The second-order valence-electron chi connectivity index (χ2n) is 9.56. The Morgan fingerprint density at radius 1 is 0.864 bits per heavy atom. The van der Waals surface area contributed by atoms with Crippen molar-refractivity contribution >= 4 is 69.7 Å². The number of hydrogen-bond acceptors (Lipinski definition) is 7.